The van der Waals surface area contributed by atoms with E-state index < -0.39 is 6.61 Å². The van der Waals surface area contributed by atoms with Gasteiger partial charge in [0.2, 0.25) is 5.91 Å². The third-order valence-electron chi connectivity index (χ3n) is 4.60. The van der Waals surface area contributed by atoms with Gasteiger partial charge in [0, 0.05) is 17.7 Å². The van der Waals surface area contributed by atoms with Crippen molar-refractivity contribution in [3.05, 3.63) is 81.9 Å². The summed E-state index contributed by atoms with van der Waals surface area (Å²) in [7, 11) is 0. The number of ether oxygens (including phenoxy) is 1. The van der Waals surface area contributed by atoms with E-state index in [1.807, 2.05) is 47.8 Å². The van der Waals surface area contributed by atoms with Crippen molar-refractivity contribution in [2.45, 2.75) is 19.6 Å². The van der Waals surface area contributed by atoms with Gasteiger partial charge in [0.15, 0.2) is 10.6 Å². The molecule has 32 heavy (non-hydrogen) atoms. The second-order valence-electron chi connectivity index (χ2n) is 6.83. The topological polar surface area (TPSA) is 71.9 Å². The first-order valence-electron chi connectivity index (χ1n) is 9.60. The van der Waals surface area contributed by atoms with Crippen molar-refractivity contribution in [1.29, 1.82) is 0 Å². The zero-order chi connectivity index (χ0) is 22.5. The Hall–Kier alpha value is -3.37. The maximum Gasteiger partial charge on any atom is 0.387 e. The molecule has 0 atom stereocenters. The van der Waals surface area contributed by atoms with E-state index in [1.54, 1.807) is 10.6 Å². The molecule has 2 aromatic heterocycles. The standard InChI is InChI=1S/C22H18F2N4O2S2/c23-21(24)30-17-9-8-16(12-15(17)11-14-5-2-1-3-6-14)25-19(29)13-28-20(26-27-22(28)31)18-7-4-10-32-18/h1-10,12,21H,11,13H2,(H,25,29)(H,27,31). The molecular formula is C22H18F2N4O2S2. The van der Waals surface area contributed by atoms with E-state index in [4.69, 9.17) is 12.2 Å². The molecule has 4 aromatic rings. The van der Waals surface area contributed by atoms with Crippen LogP contribution in [0.2, 0.25) is 0 Å². The number of rotatable bonds is 8. The lowest BCUT2D eigenvalue weighted by molar-refractivity contribution is -0.116. The highest BCUT2D eigenvalue weighted by atomic mass is 32.1. The lowest BCUT2D eigenvalue weighted by Crippen LogP contribution is -2.19. The first-order chi connectivity index (χ1) is 15.5. The first kappa shape index (κ1) is 21.8. The molecule has 0 spiro atoms. The molecule has 10 heteroatoms. The predicted molar refractivity (Wildman–Crippen MR) is 122 cm³/mol. The highest BCUT2D eigenvalue weighted by Gasteiger charge is 2.15. The third kappa shape index (κ3) is 5.27. The smallest absolute Gasteiger partial charge is 0.387 e. The average Bonchev–Trinajstić information content (AvgIpc) is 3.41. The van der Waals surface area contributed by atoms with Crippen molar-refractivity contribution in [2.24, 2.45) is 0 Å². The lowest BCUT2D eigenvalue weighted by atomic mass is 10.0. The van der Waals surface area contributed by atoms with E-state index in [-0.39, 0.29) is 18.2 Å². The SMILES string of the molecule is O=C(Cn1c(-c2cccs2)n[nH]c1=S)Nc1ccc(OC(F)F)c(Cc2ccccc2)c1. The molecule has 0 radical (unpaired) electrons. The summed E-state index contributed by atoms with van der Waals surface area (Å²) in [5.41, 5.74) is 1.93. The van der Waals surface area contributed by atoms with Gasteiger partial charge in [-0.1, -0.05) is 36.4 Å². The second-order valence-corrected chi connectivity index (χ2v) is 8.16. The van der Waals surface area contributed by atoms with Gasteiger partial charge in [-0.15, -0.1) is 11.3 Å². The Balaban J connectivity index is 1.54. The summed E-state index contributed by atoms with van der Waals surface area (Å²) in [4.78, 5) is 13.6. The molecule has 1 amide bonds. The molecule has 0 aliphatic heterocycles. The zero-order valence-corrected chi connectivity index (χ0v) is 18.3. The van der Waals surface area contributed by atoms with Gasteiger partial charge >= 0.3 is 6.61 Å². The number of alkyl halides is 2. The van der Waals surface area contributed by atoms with Crippen LogP contribution < -0.4 is 10.1 Å². The quantitative estimate of drug-likeness (QED) is 0.332. The number of carbonyl (C=O) groups is 1. The fraction of sp³-hybridized carbons (Fsp3) is 0.136. The number of nitrogens with one attached hydrogen (secondary N) is 2. The van der Waals surface area contributed by atoms with Gasteiger partial charge in [-0.2, -0.15) is 13.9 Å². The summed E-state index contributed by atoms with van der Waals surface area (Å²) in [5.74, 6) is 0.318. The second kappa shape index (κ2) is 9.84. The molecule has 0 saturated heterocycles. The van der Waals surface area contributed by atoms with E-state index in [0.717, 1.165) is 10.4 Å². The Kier molecular flexibility index (Phi) is 6.72. The van der Waals surface area contributed by atoms with Gasteiger partial charge in [0.25, 0.3) is 0 Å². The largest absolute Gasteiger partial charge is 0.435 e. The molecule has 6 nitrogen and oxygen atoms in total. The molecule has 0 unspecified atom stereocenters. The number of carbonyl (C=O) groups excluding carboxylic acids is 1. The predicted octanol–water partition coefficient (Wildman–Crippen LogP) is 5.50. The molecule has 4 rings (SSSR count). The normalized spacial score (nSPS) is 11.0. The number of amides is 1. The van der Waals surface area contributed by atoms with Crippen molar-refractivity contribution < 1.29 is 18.3 Å². The molecule has 0 aliphatic carbocycles. The van der Waals surface area contributed by atoms with E-state index in [1.165, 1.54) is 23.5 Å². The molecule has 0 bridgehead atoms. The summed E-state index contributed by atoms with van der Waals surface area (Å²) in [5, 5.41) is 11.6. The molecule has 0 saturated carbocycles. The highest BCUT2D eigenvalue weighted by molar-refractivity contribution is 7.71. The average molecular weight is 473 g/mol. The molecule has 2 heterocycles. The summed E-state index contributed by atoms with van der Waals surface area (Å²) >= 11 is 6.75. The van der Waals surface area contributed by atoms with Gasteiger partial charge in [-0.25, -0.2) is 0 Å². The number of benzene rings is 2. The Morgan fingerprint density at radius 1 is 1.19 bits per heavy atom. The number of aromatic nitrogens is 3. The molecule has 0 fully saturated rings. The summed E-state index contributed by atoms with van der Waals surface area (Å²) in [6.07, 6.45) is 0.377. The molecule has 164 valence electrons. The number of hydrogen-bond acceptors (Lipinski definition) is 5. The number of aromatic amines is 1. The van der Waals surface area contributed by atoms with Gasteiger partial charge in [0.1, 0.15) is 12.3 Å². The van der Waals surface area contributed by atoms with Gasteiger partial charge in [0.05, 0.1) is 4.88 Å². The van der Waals surface area contributed by atoms with Crippen LogP contribution in [-0.4, -0.2) is 27.3 Å². The number of H-pyrrole nitrogens is 1. The number of anilines is 1. The highest BCUT2D eigenvalue weighted by Crippen LogP contribution is 2.27. The molecule has 2 aromatic carbocycles. The maximum atomic E-state index is 12.8. The van der Waals surface area contributed by atoms with Crippen LogP contribution in [0.3, 0.4) is 0 Å². The van der Waals surface area contributed by atoms with Crippen LogP contribution in [0, 0.1) is 4.77 Å². The van der Waals surface area contributed by atoms with Crippen LogP contribution in [0.5, 0.6) is 5.75 Å². The minimum atomic E-state index is -2.94. The fourth-order valence-corrected chi connectivity index (χ4v) is 4.14. The van der Waals surface area contributed by atoms with Crippen LogP contribution in [0.4, 0.5) is 14.5 Å². The van der Waals surface area contributed by atoms with Crippen molar-refractivity contribution >= 4 is 35.1 Å². The minimum Gasteiger partial charge on any atom is -0.435 e. The van der Waals surface area contributed by atoms with Gasteiger partial charge in [-0.05, 0) is 47.4 Å². The summed E-state index contributed by atoms with van der Waals surface area (Å²) in [6.45, 7) is -2.99. The fourth-order valence-electron chi connectivity index (χ4n) is 3.22. The summed E-state index contributed by atoms with van der Waals surface area (Å²) in [6, 6.07) is 17.8. The molecular weight excluding hydrogens is 454 g/mol. The van der Waals surface area contributed by atoms with Gasteiger partial charge < -0.3 is 10.1 Å². The Morgan fingerprint density at radius 2 is 2.00 bits per heavy atom. The minimum absolute atomic E-state index is 0.0497. The number of nitrogens with zero attached hydrogens (tertiary/aromatic N) is 2. The van der Waals surface area contributed by atoms with E-state index in [9.17, 15) is 13.6 Å². The van der Waals surface area contributed by atoms with Crippen molar-refractivity contribution in [3.8, 4) is 16.5 Å². The monoisotopic (exact) mass is 472 g/mol. The number of thiophene rings is 1. The Morgan fingerprint density at radius 3 is 2.72 bits per heavy atom. The van der Waals surface area contributed by atoms with E-state index >= 15 is 0 Å². The zero-order valence-electron chi connectivity index (χ0n) is 16.6. The molecule has 0 aliphatic rings. The van der Waals surface area contributed by atoms with Crippen LogP contribution in [0.25, 0.3) is 10.7 Å². The first-order valence-corrected chi connectivity index (χ1v) is 10.9. The van der Waals surface area contributed by atoms with Gasteiger partial charge in [-0.3, -0.25) is 14.5 Å². The Labute approximate surface area is 191 Å². The van der Waals surface area contributed by atoms with E-state index in [2.05, 4.69) is 20.3 Å². The summed E-state index contributed by atoms with van der Waals surface area (Å²) < 4.78 is 32.3. The van der Waals surface area contributed by atoms with Crippen molar-refractivity contribution in [2.75, 3.05) is 5.32 Å². The van der Waals surface area contributed by atoms with Crippen LogP contribution in [0.1, 0.15) is 11.1 Å². The van der Waals surface area contributed by atoms with E-state index in [0.29, 0.717) is 28.3 Å². The maximum absolute atomic E-state index is 12.8. The van der Waals surface area contributed by atoms with Crippen molar-refractivity contribution in [1.82, 2.24) is 14.8 Å². The Bertz CT molecular complexity index is 1250. The van der Waals surface area contributed by atoms with Crippen LogP contribution in [0.15, 0.2) is 66.0 Å². The van der Waals surface area contributed by atoms with Crippen molar-refractivity contribution in [3.63, 3.8) is 0 Å². The number of hydrogen-bond donors (Lipinski definition) is 2. The van der Waals surface area contributed by atoms with Crippen LogP contribution >= 0.6 is 23.6 Å². The van der Waals surface area contributed by atoms with Crippen LogP contribution in [-0.2, 0) is 17.8 Å². The molecule has 2 N–H and O–H groups in total. The lowest BCUT2D eigenvalue weighted by Gasteiger charge is -2.14. The number of halogens is 2. The third-order valence-corrected chi connectivity index (χ3v) is 5.78.